The Morgan fingerprint density at radius 2 is 0.761 bits per heavy atom. The number of thiophene rings is 2. The maximum absolute atomic E-state index is 6.64. The van der Waals surface area contributed by atoms with Crippen LogP contribution in [0.25, 0.3) is 234 Å². The maximum atomic E-state index is 6.64. The van der Waals surface area contributed by atoms with Crippen LogP contribution >= 0.6 is 34.3 Å². The molecule has 13 heteroatoms. The Morgan fingerprint density at radius 1 is 0.336 bits per heavy atom. The lowest BCUT2D eigenvalue weighted by atomic mass is 9.97. The molecule has 0 saturated heterocycles. The summed E-state index contributed by atoms with van der Waals surface area (Å²) in [6.07, 6.45) is 9.40. The molecule has 0 bridgehead atoms. The smallest absolute Gasteiger partial charge is 0.238 e. The molecule has 1 aliphatic carbocycles. The molecule has 0 spiro atoms. The van der Waals surface area contributed by atoms with Crippen molar-refractivity contribution in [2.45, 2.75) is 0 Å². The second-order valence-corrected chi connectivity index (χ2v) is 31.2. The van der Waals surface area contributed by atoms with Crippen molar-refractivity contribution in [1.82, 2.24) is 38.6 Å². The number of aromatic nitrogens is 8. The minimum atomic E-state index is 0.170. The van der Waals surface area contributed by atoms with E-state index in [1.807, 2.05) is 77.3 Å². The van der Waals surface area contributed by atoms with E-state index in [4.69, 9.17) is 30.4 Å². The third kappa shape index (κ3) is 9.56. The summed E-state index contributed by atoms with van der Waals surface area (Å²) in [6, 6.07) is 111. The summed E-state index contributed by atoms with van der Waals surface area (Å²) in [5.41, 5.74) is 18.9. The molecular weight excluding hydrogens is 1440 g/mol. The minimum absolute atomic E-state index is 0.170. The quantitative estimate of drug-likeness (QED) is 0.136. The van der Waals surface area contributed by atoms with Gasteiger partial charge in [0.25, 0.3) is 0 Å². The van der Waals surface area contributed by atoms with Crippen LogP contribution in [0.4, 0.5) is 0 Å². The topological polar surface area (TPSA) is 108 Å². The number of hydrogen-bond acceptors (Lipinski definition) is 8. The standard InChI is InChI=1S/C50H28N4OS.C28H16ClN3O.C22H12NS/c1-2-14-30(15-3-1)53-38-22-10-6-16-31(38)37-28-29(26-27-40(37)53)46-45-35-20-8-12-24-41(35)55-49(45)52-50(51-46)54-39-23-11-7-19-34(39)43-32-17-4-5-18-33(32)44-36-21-9-13-25-42(36)56-48(44)47(43)54;29-28-30-26(25-20-11-5-7-13-24(20)33-27(25)31-28)17-14-15-23-21(16-17)19-10-4-6-12-22(19)32(23)18-8-2-1-3-9-18;1-2-8-14-13(7-1)19-15-9-3-5-11-17(15)23-21(19)22-20(14)16-10-4-6-12-18(16)24-22/h1-28H;1-16H;1-4,6-12,23H/q;;+1. The predicted molar refractivity (Wildman–Crippen MR) is 473 cm³/mol. The summed E-state index contributed by atoms with van der Waals surface area (Å²) in [6.45, 7) is 0. The van der Waals surface area contributed by atoms with Crippen molar-refractivity contribution in [3.63, 3.8) is 0 Å². The van der Waals surface area contributed by atoms with E-state index in [0.717, 1.165) is 111 Å². The molecule has 0 atom stereocenters. The number of rotatable bonds is 5. The van der Waals surface area contributed by atoms with E-state index in [-0.39, 0.29) is 5.28 Å². The lowest BCUT2D eigenvalue weighted by molar-refractivity contribution is 0.651. The van der Waals surface area contributed by atoms with Crippen molar-refractivity contribution in [1.29, 1.82) is 0 Å². The van der Waals surface area contributed by atoms with Gasteiger partial charge in [-0.1, -0.05) is 224 Å². The molecule has 15 aromatic carbocycles. The normalized spacial score (nSPS) is 12.3. The zero-order valence-electron chi connectivity index (χ0n) is 59.9. The van der Waals surface area contributed by atoms with E-state index in [9.17, 15) is 0 Å². The van der Waals surface area contributed by atoms with Gasteiger partial charge in [-0.3, -0.25) is 9.55 Å². The number of allylic oxidation sites excluding steroid dienone is 2. The Morgan fingerprint density at radius 3 is 1.33 bits per heavy atom. The number of fused-ring (bicyclic) bond motifs is 32. The van der Waals surface area contributed by atoms with Crippen molar-refractivity contribution in [2.75, 3.05) is 0 Å². The number of H-pyrrole nitrogens is 1. The second-order valence-electron chi connectivity index (χ2n) is 28.7. The first kappa shape index (κ1) is 63.6. The Balaban J connectivity index is 0.000000109. The van der Waals surface area contributed by atoms with Crippen LogP contribution in [-0.4, -0.2) is 38.6 Å². The molecule has 25 aromatic rings. The van der Waals surface area contributed by atoms with Crippen LogP contribution in [-0.2, 0) is 0 Å². The number of halogens is 1. The van der Waals surface area contributed by atoms with E-state index < -0.39 is 0 Å². The van der Waals surface area contributed by atoms with Crippen LogP contribution < -0.4 is 0 Å². The fraction of sp³-hybridized carbons (Fsp3) is 0. The molecule has 0 aliphatic heterocycles. The highest BCUT2D eigenvalue weighted by Crippen LogP contribution is 2.51. The van der Waals surface area contributed by atoms with Gasteiger partial charge in [0, 0.05) is 108 Å². The molecule has 0 saturated carbocycles. The molecule has 1 aliphatic rings. The van der Waals surface area contributed by atoms with Gasteiger partial charge >= 0.3 is 0 Å². The number of hydrogen-bond donors (Lipinski definition) is 1. The molecule has 10 heterocycles. The highest BCUT2D eigenvalue weighted by atomic mass is 35.5. The molecule has 0 amide bonds. The Hall–Kier alpha value is -14.4. The molecule has 526 valence electrons. The fourth-order valence-electron chi connectivity index (χ4n) is 18.0. The summed E-state index contributed by atoms with van der Waals surface area (Å²) >= 11 is 10.0. The summed E-state index contributed by atoms with van der Waals surface area (Å²) in [7, 11) is 0. The van der Waals surface area contributed by atoms with E-state index in [1.54, 1.807) is 0 Å². The molecule has 0 unspecified atom stereocenters. The van der Waals surface area contributed by atoms with E-state index in [1.165, 1.54) is 105 Å². The van der Waals surface area contributed by atoms with Gasteiger partial charge in [-0.15, -0.1) is 22.7 Å². The van der Waals surface area contributed by atoms with Gasteiger partial charge in [-0.05, 0) is 124 Å². The molecule has 113 heavy (non-hydrogen) atoms. The number of aromatic amines is 1. The Bertz CT molecular complexity index is 8420. The van der Waals surface area contributed by atoms with Gasteiger partial charge in [-0.25, -0.2) is 9.97 Å². The van der Waals surface area contributed by atoms with Gasteiger partial charge in [0.15, 0.2) is 5.69 Å². The molecule has 26 rings (SSSR count). The Labute approximate surface area is 655 Å². The Kier molecular flexibility index (Phi) is 14.0. The monoisotopic (exact) mass is 1500 g/mol. The van der Waals surface area contributed by atoms with Crippen LogP contribution in [0.2, 0.25) is 5.28 Å². The molecule has 0 fully saturated rings. The van der Waals surface area contributed by atoms with Gasteiger partial charge in [0.2, 0.25) is 22.7 Å². The van der Waals surface area contributed by atoms with Crippen molar-refractivity contribution in [3.05, 3.63) is 344 Å². The summed E-state index contributed by atoms with van der Waals surface area (Å²) in [5, 5.41) is 22.7. The summed E-state index contributed by atoms with van der Waals surface area (Å²) in [5.74, 6) is 0.582. The molecule has 1 N–H and O–H groups in total. The maximum Gasteiger partial charge on any atom is 0.238 e. The van der Waals surface area contributed by atoms with Crippen LogP contribution in [0.3, 0.4) is 0 Å². The number of benzene rings is 15. The van der Waals surface area contributed by atoms with E-state index in [0.29, 0.717) is 17.4 Å². The highest BCUT2D eigenvalue weighted by molar-refractivity contribution is 7.27. The van der Waals surface area contributed by atoms with Crippen LogP contribution in [0, 0.1) is 6.08 Å². The molecule has 10 nitrogen and oxygen atoms in total. The molecule has 10 aromatic heterocycles. The minimum Gasteiger partial charge on any atom is -0.438 e. The van der Waals surface area contributed by atoms with E-state index >= 15 is 0 Å². The number of nitrogens with one attached hydrogen (secondary N) is 1. The zero-order valence-corrected chi connectivity index (χ0v) is 62.3. The molecule has 0 radical (unpaired) electrons. The first-order valence-corrected chi connectivity index (χ1v) is 39.6. The van der Waals surface area contributed by atoms with Crippen molar-refractivity contribution >= 4 is 229 Å². The summed E-state index contributed by atoms with van der Waals surface area (Å²) < 4.78 is 24.7. The largest absolute Gasteiger partial charge is 0.438 e. The van der Waals surface area contributed by atoms with Gasteiger partial charge in [0.1, 0.15) is 28.9 Å². The van der Waals surface area contributed by atoms with Crippen molar-refractivity contribution in [2.24, 2.45) is 0 Å². The number of furan rings is 2. The van der Waals surface area contributed by atoms with Gasteiger partial charge in [0.05, 0.1) is 76.3 Å². The third-order valence-electron chi connectivity index (χ3n) is 22.6. The van der Waals surface area contributed by atoms with Crippen molar-refractivity contribution < 1.29 is 8.83 Å². The third-order valence-corrected chi connectivity index (χ3v) is 25.2. The van der Waals surface area contributed by atoms with Gasteiger partial charge < -0.3 is 18.0 Å². The average molecular weight is 1500 g/mol. The van der Waals surface area contributed by atoms with Crippen LogP contribution in [0.15, 0.2) is 330 Å². The van der Waals surface area contributed by atoms with Crippen molar-refractivity contribution in [3.8, 4) is 39.8 Å². The van der Waals surface area contributed by atoms with Gasteiger partial charge in [-0.2, -0.15) is 9.97 Å². The average Bonchev–Trinajstić information content (AvgIpc) is 1.54. The first-order valence-electron chi connectivity index (χ1n) is 37.6. The SMILES string of the molecule is Clc1nc(-c2ccc3c(c2)c2ccccc2n3-c2ccccc2)c2c(n1)oc1ccccc12.[C+]1=Cc2[nH]c3c4sc5ccccc5c4c4ccccc4c3c2C=C1.c1ccc(-n2c3ccccc3c3cc(-c4nc(-n5c6ccccc6c6c7ccccc7c7c8ccccc8sc7c65)nc5oc6ccccc6c45)ccc32)cc1. The lowest BCUT2D eigenvalue weighted by Gasteiger charge is -2.11. The summed E-state index contributed by atoms with van der Waals surface area (Å²) in [4.78, 5) is 23.6. The van der Waals surface area contributed by atoms with Crippen LogP contribution in [0.5, 0.6) is 0 Å². The van der Waals surface area contributed by atoms with E-state index in [2.05, 4.69) is 314 Å². The highest BCUT2D eigenvalue weighted by Gasteiger charge is 2.29. The predicted octanol–water partition coefficient (Wildman–Crippen LogP) is 28.1. The number of nitrogens with zero attached hydrogens (tertiary/aromatic N) is 7. The second kappa shape index (κ2) is 24.8. The lowest BCUT2D eigenvalue weighted by Crippen LogP contribution is -2.03. The zero-order chi connectivity index (χ0) is 74.1. The number of para-hydroxylation sites is 7. The molecular formula is C100H56ClN8O2S2+. The first-order chi connectivity index (χ1) is 56.0. The fourth-order valence-corrected chi connectivity index (χ4v) is 20.6. The van der Waals surface area contributed by atoms with Crippen LogP contribution in [0.1, 0.15) is 11.3 Å².